The van der Waals surface area contributed by atoms with E-state index in [0.29, 0.717) is 0 Å². The van der Waals surface area contributed by atoms with Crippen LogP contribution in [0.2, 0.25) is 0 Å². The molecule has 0 aromatic carbocycles. The van der Waals surface area contributed by atoms with Gasteiger partial charge in [-0.15, -0.1) is 0 Å². The molecule has 2 N–H and O–H groups in total. The van der Waals surface area contributed by atoms with Gasteiger partial charge in [0.2, 0.25) is 0 Å². The molecule has 1 aliphatic carbocycles. The molecule has 5 nitrogen and oxygen atoms in total. The van der Waals surface area contributed by atoms with Gasteiger partial charge in [0.15, 0.2) is 0 Å². The number of carbonyl (C=O) groups is 1. The maximum atomic E-state index is 11.6. The maximum Gasteiger partial charge on any atom is 0.407 e. The SMILES string of the molecule is CC(NC(=O)OC1CC1)c1c[nH]c2ncccc12. The largest absolute Gasteiger partial charge is 0.446 e. The minimum atomic E-state index is -0.344. The second-order valence-electron chi connectivity index (χ2n) is 4.61. The number of amides is 1. The van der Waals surface area contributed by atoms with Crippen molar-refractivity contribution in [2.24, 2.45) is 0 Å². The van der Waals surface area contributed by atoms with Gasteiger partial charge in [0.25, 0.3) is 0 Å². The van der Waals surface area contributed by atoms with Crippen LogP contribution in [0.15, 0.2) is 24.5 Å². The van der Waals surface area contributed by atoms with Crippen LogP contribution in [0.1, 0.15) is 31.4 Å². The van der Waals surface area contributed by atoms with Gasteiger partial charge in [0, 0.05) is 23.3 Å². The number of carbonyl (C=O) groups excluding carboxylic acids is 1. The number of nitrogens with zero attached hydrogens (tertiary/aromatic N) is 1. The summed E-state index contributed by atoms with van der Waals surface area (Å²) in [6, 6.07) is 3.77. The van der Waals surface area contributed by atoms with Crippen molar-refractivity contribution in [3.05, 3.63) is 30.1 Å². The summed E-state index contributed by atoms with van der Waals surface area (Å²) in [6.45, 7) is 1.93. The molecule has 3 rings (SSSR count). The number of pyridine rings is 1. The molecule has 1 aliphatic rings. The van der Waals surface area contributed by atoms with E-state index in [1.54, 1.807) is 6.20 Å². The summed E-state index contributed by atoms with van der Waals surface area (Å²) in [4.78, 5) is 18.9. The predicted molar refractivity (Wildman–Crippen MR) is 67.1 cm³/mol. The van der Waals surface area contributed by atoms with Gasteiger partial charge in [-0.2, -0.15) is 0 Å². The maximum absolute atomic E-state index is 11.6. The zero-order valence-corrected chi connectivity index (χ0v) is 10.1. The Morgan fingerprint density at radius 2 is 2.44 bits per heavy atom. The van der Waals surface area contributed by atoms with Crippen molar-refractivity contribution >= 4 is 17.1 Å². The highest BCUT2D eigenvalue weighted by Crippen LogP contribution is 2.25. The van der Waals surface area contributed by atoms with Gasteiger partial charge in [-0.3, -0.25) is 0 Å². The van der Waals surface area contributed by atoms with Crippen LogP contribution in [0, 0.1) is 0 Å². The monoisotopic (exact) mass is 245 g/mol. The topological polar surface area (TPSA) is 67.0 Å². The van der Waals surface area contributed by atoms with Gasteiger partial charge in [0.05, 0.1) is 6.04 Å². The average molecular weight is 245 g/mol. The highest BCUT2D eigenvalue weighted by molar-refractivity contribution is 5.80. The zero-order valence-electron chi connectivity index (χ0n) is 10.1. The number of ether oxygens (including phenoxy) is 1. The van der Waals surface area contributed by atoms with Crippen LogP contribution >= 0.6 is 0 Å². The molecule has 0 radical (unpaired) electrons. The third-order valence-corrected chi connectivity index (χ3v) is 3.08. The van der Waals surface area contributed by atoms with Crippen molar-refractivity contribution in [3.8, 4) is 0 Å². The fourth-order valence-corrected chi connectivity index (χ4v) is 1.96. The van der Waals surface area contributed by atoms with Gasteiger partial charge in [-0.05, 0) is 31.9 Å². The van der Waals surface area contributed by atoms with Crippen LogP contribution in [-0.4, -0.2) is 22.2 Å². The molecular formula is C13H15N3O2. The molecule has 1 unspecified atom stereocenters. The quantitative estimate of drug-likeness (QED) is 0.873. The van der Waals surface area contributed by atoms with Gasteiger partial charge in [-0.25, -0.2) is 9.78 Å². The first-order valence-electron chi connectivity index (χ1n) is 6.13. The van der Waals surface area contributed by atoms with Gasteiger partial charge in [-0.1, -0.05) is 0 Å². The minimum Gasteiger partial charge on any atom is -0.446 e. The Morgan fingerprint density at radius 3 is 3.22 bits per heavy atom. The molecule has 5 heteroatoms. The summed E-state index contributed by atoms with van der Waals surface area (Å²) < 4.78 is 5.17. The molecular weight excluding hydrogens is 230 g/mol. The molecule has 0 spiro atoms. The van der Waals surface area contributed by atoms with Gasteiger partial charge in [0.1, 0.15) is 11.8 Å². The first kappa shape index (κ1) is 11.1. The molecule has 18 heavy (non-hydrogen) atoms. The zero-order chi connectivity index (χ0) is 12.5. The number of H-pyrrole nitrogens is 1. The van der Waals surface area contributed by atoms with Crippen molar-refractivity contribution < 1.29 is 9.53 Å². The Hall–Kier alpha value is -2.04. The van der Waals surface area contributed by atoms with Crippen molar-refractivity contribution in [2.75, 3.05) is 0 Å². The molecule has 0 bridgehead atoms. The fourth-order valence-electron chi connectivity index (χ4n) is 1.96. The fraction of sp³-hybridized carbons (Fsp3) is 0.385. The summed E-state index contributed by atoms with van der Waals surface area (Å²) >= 11 is 0. The van der Waals surface area contributed by atoms with Crippen LogP contribution in [0.5, 0.6) is 0 Å². The second kappa shape index (κ2) is 4.33. The lowest BCUT2D eigenvalue weighted by Crippen LogP contribution is -2.27. The molecule has 0 saturated heterocycles. The summed E-state index contributed by atoms with van der Waals surface area (Å²) in [5.74, 6) is 0. The van der Waals surface area contributed by atoms with Gasteiger partial charge >= 0.3 is 6.09 Å². The van der Waals surface area contributed by atoms with Crippen LogP contribution in [0.25, 0.3) is 11.0 Å². The second-order valence-corrected chi connectivity index (χ2v) is 4.61. The highest BCUT2D eigenvalue weighted by atomic mass is 16.6. The summed E-state index contributed by atoms with van der Waals surface area (Å²) in [5.41, 5.74) is 1.85. The lowest BCUT2D eigenvalue weighted by molar-refractivity contribution is 0.136. The first-order chi connectivity index (χ1) is 8.74. The molecule has 1 amide bonds. The predicted octanol–water partition coefficient (Wildman–Crippen LogP) is 2.51. The van der Waals surface area contributed by atoms with Crippen LogP contribution in [0.4, 0.5) is 4.79 Å². The van der Waals surface area contributed by atoms with Crippen LogP contribution in [-0.2, 0) is 4.74 Å². The first-order valence-corrected chi connectivity index (χ1v) is 6.13. The standard InChI is InChI=1S/C13H15N3O2/c1-8(16-13(17)18-9-4-5-9)11-7-15-12-10(11)3-2-6-14-12/h2-3,6-9H,4-5H2,1H3,(H,14,15)(H,16,17). The number of fused-ring (bicyclic) bond motifs is 1. The van der Waals surface area contributed by atoms with E-state index in [2.05, 4.69) is 15.3 Å². The van der Waals surface area contributed by atoms with E-state index < -0.39 is 0 Å². The molecule has 94 valence electrons. The van der Waals surface area contributed by atoms with Crippen molar-refractivity contribution in [3.63, 3.8) is 0 Å². The number of hydrogen-bond donors (Lipinski definition) is 2. The normalized spacial score (nSPS) is 16.5. The molecule has 0 aliphatic heterocycles. The van der Waals surface area contributed by atoms with E-state index in [0.717, 1.165) is 29.4 Å². The van der Waals surface area contributed by atoms with Crippen LogP contribution in [0.3, 0.4) is 0 Å². The molecule has 2 aromatic rings. The van der Waals surface area contributed by atoms with Gasteiger partial charge < -0.3 is 15.0 Å². The summed E-state index contributed by atoms with van der Waals surface area (Å²) in [7, 11) is 0. The molecule has 1 saturated carbocycles. The van der Waals surface area contributed by atoms with Crippen molar-refractivity contribution in [1.82, 2.24) is 15.3 Å². The highest BCUT2D eigenvalue weighted by Gasteiger charge is 2.26. The average Bonchev–Trinajstić information content (AvgIpc) is 3.06. The summed E-state index contributed by atoms with van der Waals surface area (Å²) in [5, 5.41) is 3.86. The van der Waals surface area contributed by atoms with E-state index in [9.17, 15) is 4.79 Å². The Bertz CT molecular complexity index is 574. The minimum absolute atomic E-state index is 0.103. The molecule has 2 heterocycles. The molecule has 2 aromatic heterocycles. The Kier molecular flexibility index (Phi) is 2.66. The van der Waals surface area contributed by atoms with Crippen LogP contribution < -0.4 is 5.32 Å². The van der Waals surface area contributed by atoms with E-state index in [4.69, 9.17) is 4.74 Å². The molecule has 1 fully saturated rings. The lowest BCUT2D eigenvalue weighted by atomic mass is 10.1. The third kappa shape index (κ3) is 2.16. The Balaban J connectivity index is 1.74. The van der Waals surface area contributed by atoms with E-state index in [1.165, 1.54) is 0 Å². The summed E-state index contributed by atoms with van der Waals surface area (Å²) in [6.07, 6.45) is 5.37. The number of aromatic amines is 1. The Labute approximate surface area is 105 Å². The lowest BCUT2D eigenvalue weighted by Gasteiger charge is -2.13. The van der Waals surface area contributed by atoms with Crippen molar-refractivity contribution in [2.45, 2.75) is 31.9 Å². The van der Waals surface area contributed by atoms with Crippen molar-refractivity contribution in [1.29, 1.82) is 0 Å². The smallest absolute Gasteiger partial charge is 0.407 e. The number of alkyl carbamates (subject to hydrolysis) is 1. The van der Waals surface area contributed by atoms with E-state index in [-0.39, 0.29) is 18.2 Å². The third-order valence-electron chi connectivity index (χ3n) is 3.08. The Morgan fingerprint density at radius 1 is 1.61 bits per heavy atom. The number of hydrogen-bond acceptors (Lipinski definition) is 3. The number of nitrogens with one attached hydrogen (secondary N) is 2. The van der Waals surface area contributed by atoms with E-state index in [1.807, 2.05) is 25.3 Å². The number of aromatic nitrogens is 2. The van der Waals surface area contributed by atoms with E-state index >= 15 is 0 Å². The number of rotatable bonds is 3. The molecule has 1 atom stereocenters.